The molecule has 0 saturated heterocycles. The first kappa shape index (κ1) is 17.5. The lowest BCUT2D eigenvalue weighted by molar-refractivity contribution is 0.306. The van der Waals surface area contributed by atoms with Crippen molar-refractivity contribution in [2.45, 2.75) is 13.5 Å². The number of para-hydroxylation sites is 1. The highest BCUT2D eigenvalue weighted by atomic mass is 35.5. The van der Waals surface area contributed by atoms with E-state index in [1.807, 2.05) is 67.7 Å². The fourth-order valence-corrected chi connectivity index (χ4v) is 2.77. The van der Waals surface area contributed by atoms with E-state index < -0.39 is 0 Å². The molecule has 0 bridgehead atoms. The SMILES string of the molecule is Cc1ccccc1N=Cc1ccc(OCc2ccc(Cl)cc2Cl)cc1. The summed E-state index contributed by atoms with van der Waals surface area (Å²) in [5, 5.41) is 1.22. The van der Waals surface area contributed by atoms with E-state index in [2.05, 4.69) is 4.99 Å². The van der Waals surface area contributed by atoms with Crippen LogP contribution in [0.1, 0.15) is 16.7 Å². The summed E-state index contributed by atoms with van der Waals surface area (Å²) in [6.07, 6.45) is 1.85. The molecule has 4 heteroatoms. The summed E-state index contributed by atoms with van der Waals surface area (Å²) in [5.41, 5.74) is 4.04. The maximum atomic E-state index is 6.15. The minimum absolute atomic E-state index is 0.395. The molecule has 0 atom stereocenters. The van der Waals surface area contributed by atoms with E-state index in [0.717, 1.165) is 28.1 Å². The Labute approximate surface area is 157 Å². The second kappa shape index (κ2) is 8.19. The van der Waals surface area contributed by atoms with Crippen molar-refractivity contribution in [1.29, 1.82) is 0 Å². The first-order valence-electron chi connectivity index (χ1n) is 7.88. The van der Waals surface area contributed by atoms with Gasteiger partial charge in [0.15, 0.2) is 0 Å². The number of hydrogen-bond acceptors (Lipinski definition) is 2. The summed E-state index contributed by atoms with van der Waals surface area (Å²) in [6.45, 7) is 2.44. The molecule has 0 amide bonds. The molecule has 0 spiro atoms. The van der Waals surface area contributed by atoms with Crippen LogP contribution in [0.5, 0.6) is 5.75 Å². The zero-order chi connectivity index (χ0) is 17.6. The highest BCUT2D eigenvalue weighted by Crippen LogP contribution is 2.23. The number of hydrogen-bond donors (Lipinski definition) is 0. The number of benzene rings is 3. The van der Waals surface area contributed by atoms with Crippen molar-refractivity contribution in [2.24, 2.45) is 4.99 Å². The molecule has 0 aromatic heterocycles. The van der Waals surface area contributed by atoms with Gasteiger partial charge in [0.25, 0.3) is 0 Å². The minimum atomic E-state index is 0.395. The second-order valence-electron chi connectivity index (χ2n) is 5.64. The van der Waals surface area contributed by atoms with Gasteiger partial charge in [-0.1, -0.05) is 47.5 Å². The van der Waals surface area contributed by atoms with Gasteiger partial charge in [0.1, 0.15) is 12.4 Å². The molecular formula is C21H17Cl2NO. The summed E-state index contributed by atoms with van der Waals surface area (Å²) < 4.78 is 5.78. The van der Waals surface area contributed by atoms with Gasteiger partial charge in [-0.05, 0) is 60.5 Å². The number of nitrogens with zero attached hydrogens (tertiary/aromatic N) is 1. The summed E-state index contributed by atoms with van der Waals surface area (Å²) >= 11 is 12.0. The summed E-state index contributed by atoms with van der Waals surface area (Å²) in [4.78, 5) is 4.52. The van der Waals surface area contributed by atoms with Crippen molar-refractivity contribution in [1.82, 2.24) is 0 Å². The molecule has 3 rings (SSSR count). The Balaban J connectivity index is 1.63. The molecule has 0 radical (unpaired) electrons. The highest BCUT2D eigenvalue weighted by Gasteiger charge is 2.02. The van der Waals surface area contributed by atoms with Crippen molar-refractivity contribution < 1.29 is 4.74 Å². The van der Waals surface area contributed by atoms with Crippen LogP contribution in [0.15, 0.2) is 71.7 Å². The Bertz CT molecular complexity index is 889. The molecule has 126 valence electrons. The van der Waals surface area contributed by atoms with Gasteiger partial charge in [-0.2, -0.15) is 0 Å². The molecule has 0 aliphatic rings. The Morgan fingerprint density at radius 1 is 0.960 bits per heavy atom. The predicted molar refractivity (Wildman–Crippen MR) is 106 cm³/mol. The highest BCUT2D eigenvalue weighted by molar-refractivity contribution is 6.35. The van der Waals surface area contributed by atoms with Crippen LogP contribution in [0.4, 0.5) is 5.69 Å². The maximum Gasteiger partial charge on any atom is 0.119 e. The first-order chi connectivity index (χ1) is 12.1. The molecule has 25 heavy (non-hydrogen) atoms. The fraction of sp³-hybridized carbons (Fsp3) is 0.0952. The van der Waals surface area contributed by atoms with Crippen LogP contribution in [0.3, 0.4) is 0 Å². The number of rotatable bonds is 5. The maximum absolute atomic E-state index is 6.15. The molecular weight excluding hydrogens is 353 g/mol. The Kier molecular flexibility index (Phi) is 5.75. The Hall–Kier alpha value is -2.29. The second-order valence-corrected chi connectivity index (χ2v) is 6.48. The summed E-state index contributed by atoms with van der Waals surface area (Å²) in [7, 11) is 0. The fourth-order valence-electron chi connectivity index (χ4n) is 2.30. The quantitative estimate of drug-likeness (QED) is 0.462. The van der Waals surface area contributed by atoms with E-state index in [-0.39, 0.29) is 0 Å². The smallest absolute Gasteiger partial charge is 0.119 e. The zero-order valence-electron chi connectivity index (χ0n) is 13.7. The summed E-state index contributed by atoms with van der Waals surface area (Å²) in [5.74, 6) is 0.777. The average Bonchev–Trinajstić information content (AvgIpc) is 2.61. The molecule has 3 aromatic carbocycles. The normalized spacial score (nSPS) is 11.0. The number of aliphatic imine (C=N–C) groups is 1. The Morgan fingerprint density at radius 2 is 1.72 bits per heavy atom. The predicted octanol–water partition coefficient (Wildman–Crippen LogP) is 6.63. The molecule has 0 aliphatic carbocycles. The van der Waals surface area contributed by atoms with E-state index in [4.69, 9.17) is 27.9 Å². The lowest BCUT2D eigenvalue weighted by atomic mass is 10.2. The lowest BCUT2D eigenvalue weighted by Crippen LogP contribution is -1.96. The van der Waals surface area contributed by atoms with Gasteiger partial charge >= 0.3 is 0 Å². The third-order valence-corrected chi connectivity index (χ3v) is 4.34. The van der Waals surface area contributed by atoms with Crippen molar-refractivity contribution in [2.75, 3.05) is 0 Å². The molecule has 0 heterocycles. The number of halogens is 2. The van der Waals surface area contributed by atoms with Gasteiger partial charge in [0.2, 0.25) is 0 Å². The van der Waals surface area contributed by atoms with Gasteiger partial charge in [-0.15, -0.1) is 0 Å². The third kappa shape index (κ3) is 4.85. The van der Waals surface area contributed by atoms with Crippen LogP contribution in [-0.4, -0.2) is 6.21 Å². The van der Waals surface area contributed by atoms with Gasteiger partial charge in [0.05, 0.1) is 5.69 Å². The van der Waals surface area contributed by atoms with Crippen LogP contribution < -0.4 is 4.74 Å². The van der Waals surface area contributed by atoms with E-state index in [1.165, 1.54) is 0 Å². The van der Waals surface area contributed by atoms with Crippen LogP contribution in [0, 0.1) is 6.92 Å². The molecule has 3 aromatic rings. The monoisotopic (exact) mass is 369 g/mol. The standard InChI is InChI=1S/C21H17Cl2NO/c1-15-4-2-3-5-21(15)24-13-16-6-10-19(11-7-16)25-14-17-8-9-18(22)12-20(17)23/h2-13H,14H2,1H3. The van der Waals surface area contributed by atoms with E-state index in [1.54, 1.807) is 12.1 Å². The van der Waals surface area contributed by atoms with Crippen molar-refractivity contribution >= 4 is 35.1 Å². The third-order valence-electron chi connectivity index (χ3n) is 3.76. The van der Waals surface area contributed by atoms with Gasteiger partial charge < -0.3 is 4.74 Å². The van der Waals surface area contributed by atoms with Gasteiger partial charge in [-0.3, -0.25) is 4.99 Å². The number of aryl methyl sites for hydroxylation is 1. The number of ether oxygens (including phenoxy) is 1. The molecule has 0 aliphatic heterocycles. The van der Waals surface area contributed by atoms with Gasteiger partial charge in [0, 0.05) is 21.8 Å². The van der Waals surface area contributed by atoms with Crippen molar-refractivity contribution in [3.63, 3.8) is 0 Å². The van der Waals surface area contributed by atoms with E-state index in [0.29, 0.717) is 16.7 Å². The van der Waals surface area contributed by atoms with Crippen molar-refractivity contribution in [3.8, 4) is 5.75 Å². The minimum Gasteiger partial charge on any atom is -0.489 e. The topological polar surface area (TPSA) is 21.6 Å². The molecule has 0 fully saturated rings. The zero-order valence-corrected chi connectivity index (χ0v) is 15.3. The van der Waals surface area contributed by atoms with Crippen molar-refractivity contribution in [3.05, 3.63) is 93.5 Å². The van der Waals surface area contributed by atoms with Crippen LogP contribution in [0.2, 0.25) is 10.0 Å². The van der Waals surface area contributed by atoms with Crippen LogP contribution in [-0.2, 0) is 6.61 Å². The molecule has 2 nitrogen and oxygen atoms in total. The van der Waals surface area contributed by atoms with Crippen LogP contribution in [0.25, 0.3) is 0 Å². The summed E-state index contributed by atoms with van der Waals surface area (Å²) in [6, 6.07) is 21.2. The molecule has 0 N–H and O–H groups in total. The Morgan fingerprint density at radius 3 is 2.44 bits per heavy atom. The average molecular weight is 370 g/mol. The van der Waals surface area contributed by atoms with Gasteiger partial charge in [-0.25, -0.2) is 0 Å². The first-order valence-corrected chi connectivity index (χ1v) is 8.64. The molecule has 0 saturated carbocycles. The van der Waals surface area contributed by atoms with E-state index >= 15 is 0 Å². The molecule has 0 unspecified atom stereocenters. The van der Waals surface area contributed by atoms with Crippen LogP contribution >= 0.6 is 23.2 Å². The van der Waals surface area contributed by atoms with E-state index in [9.17, 15) is 0 Å². The largest absolute Gasteiger partial charge is 0.489 e. The lowest BCUT2D eigenvalue weighted by Gasteiger charge is -2.08.